The molecule has 4 aromatic carbocycles. The zero-order valence-corrected chi connectivity index (χ0v) is 25.6. The Kier molecular flexibility index (Phi) is 5.69. The van der Waals surface area contributed by atoms with Crippen molar-refractivity contribution in [3.63, 3.8) is 0 Å². The third-order valence-electron chi connectivity index (χ3n) is 10.2. The third-order valence-corrected chi connectivity index (χ3v) is 10.2. The maximum Gasteiger partial charge on any atom is 0.410 e. The van der Waals surface area contributed by atoms with Gasteiger partial charge in [0.05, 0.1) is 33.7 Å². The van der Waals surface area contributed by atoms with Crippen molar-refractivity contribution in [2.75, 3.05) is 14.2 Å². The molecule has 10 heteroatoms. The summed E-state index contributed by atoms with van der Waals surface area (Å²) in [5.41, 5.74) is 4.32. The van der Waals surface area contributed by atoms with Gasteiger partial charge in [-0.2, -0.15) is 0 Å². The molecule has 5 atom stereocenters. The van der Waals surface area contributed by atoms with Gasteiger partial charge in [0, 0.05) is 47.7 Å². The fourth-order valence-electron chi connectivity index (χ4n) is 8.39. The van der Waals surface area contributed by atoms with Crippen molar-refractivity contribution in [1.29, 1.82) is 0 Å². The van der Waals surface area contributed by atoms with E-state index in [0.717, 1.165) is 49.2 Å². The predicted molar refractivity (Wildman–Crippen MR) is 172 cm³/mol. The number of aromatic nitrogens is 2. The average molecular weight is 617 g/mol. The molecule has 5 unspecified atom stereocenters. The molecule has 10 nitrogen and oxygen atoms in total. The molecule has 2 bridgehead atoms. The lowest BCUT2D eigenvalue weighted by Gasteiger charge is -2.50. The van der Waals surface area contributed by atoms with E-state index < -0.39 is 36.4 Å². The van der Waals surface area contributed by atoms with Crippen molar-refractivity contribution in [3.05, 3.63) is 95.6 Å². The van der Waals surface area contributed by atoms with Crippen LogP contribution in [0, 0.1) is 0 Å². The molecule has 1 saturated heterocycles. The summed E-state index contributed by atoms with van der Waals surface area (Å²) in [7, 11) is 3.39. The van der Waals surface area contributed by atoms with Crippen LogP contribution in [-0.2, 0) is 26.5 Å². The van der Waals surface area contributed by atoms with E-state index in [9.17, 15) is 14.7 Å². The van der Waals surface area contributed by atoms with Crippen LogP contribution in [0.1, 0.15) is 47.3 Å². The Morgan fingerprint density at radius 2 is 1.67 bits per heavy atom. The number of carbonyl (C=O) groups excluding carboxylic acids is 2. The first kappa shape index (κ1) is 27.4. The zero-order valence-electron chi connectivity index (χ0n) is 25.6. The van der Waals surface area contributed by atoms with Gasteiger partial charge in [-0.05, 0) is 24.6 Å². The molecule has 9 rings (SSSR count). The minimum Gasteiger partial charge on any atom is -0.445 e. The minimum atomic E-state index is -1.17. The highest BCUT2D eigenvalue weighted by Gasteiger charge is 2.55. The summed E-state index contributed by atoms with van der Waals surface area (Å²) in [5.74, 6) is -0.308. The Balaban J connectivity index is 1.33. The third kappa shape index (κ3) is 3.41. The lowest BCUT2D eigenvalue weighted by Crippen LogP contribution is -2.61. The van der Waals surface area contributed by atoms with E-state index in [1.54, 1.807) is 19.1 Å². The van der Waals surface area contributed by atoms with Crippen molar-refractivity contribution >= 4 is 55.6 Å². The number of methoxy groups -OCH3 is 1. The number of hydrogen-bond acceptors (Lipinski definition) is 6. The van der Waals surface area contributed by atoms with Crippen molar-refractivity contribution in [1.82, 2.24) is 19.4 Å². The van der Waals surface area contributed by atoms with Gasteiger partial charge in [0.25, 0.3) is 5.91 Å². The number of aliphatic hydroxyl groups is 1. The maximum atomic E-state index is 13.6. The Hall–Kier alpha value is -4.90. The minimum absolute atomic E-state index is 0.151. The topological polar surface area (TPSA) is 107 Å². The summed E-state index contributed by atoms with van der Waals surface area (Å²) >= 11 is 0. The van der Waals surface area contributed by atoms with Crippen molar-refractivity contribution < 1.29 is 28.9 Å². The largest absolute Gasteiger partial charge is 0.445 e. The quantitative estimate of drug-likeness (QED) is 0.256. The number of ether oxygens (including phenoxy) is 3. The first-order valence-electron chi connectivity index (χ1n) is 15.5. The first-order valence-corrected chi connectivity index (χ1v) is 15.5. The van der Waals surface area contributed by atoms with Crippen LogP contribution in [-0.4, -0.2) is 57.4 Å². The van der Waals surface area contributed by atoms with Crippen LogP contribution in [0.25, 0.3) is 43.6 Å². The van der Waals surface area contributed by atoms with Gasteiger partial charge in [-0.25, -0.2) is 4.79 Å². The molecule has 0 aliphatic carbocycles. The number of fused-ring (bicyclic) bond motifs is 13. The summed E-state index contributed by atoms with van der Waals surface area (Å²) < 4.78 is 23.6. The Labute approximate surface area is 263 Å². The second kappa shape index (κ2) is 9.56. The number of carbonyl (C=O) groups is 2. The number of hydrogen-bond donors (Lipinski definition) is 2. The van der Waals surface area contributed by atoms with E-state index in [1.807, 2.05) is 85.8 Å². The molecular weight excluding hydrogens is 584 g/mol. The number of likely N-dealkylation sites (N-methyl/N-ethyl adjacent to an activating group) is 1. The number of rotatable bonds is 4. The lowest BCUT2D eigenvalue weighted by atomic mass is 9.92. The predicted octanol–water partition coefficient (Wildman–Crippen LogP) is 5.89. The number of amides is 2. The summed E-state index contributed by atoms with van der Waals surface area (Å²) in [6.45, 7) is 2.15. The SMILES string of the molecule is COC1C(N(C)C(=O)OCc2ccccc2)CC2OC1(C)n1c3ccccc3c3c4c(c5c6ccccc6n2c5c31)C(=O)NC4O. The second-order valence-electron chi connectivity index (χ2n) is 12.6. The Morgan fingerprint density at radius 3 is 2.41 bits per heavy atom. The molecule has 0 spiro atoms. The molecule has 5 heterocycles. The van der Waals surface area contributed by atoms with Crippen LogP contribution in [0.3, 0.4) is 0 Å². The Bertz CT molecular complexity index is 2260. The van der Waals surface area contributed by atoms with Crippen LogP contribution in [0.15, 0.2) is 78.9 Å². The van der Waals surface area contributed by atoms with Gasteiger partial charge in [-0.15, -0.1) is 0 Å². The summed E-state index contributed by atoms with van der Waals surface area (Å²) in [6.07, 6.45) is -2.35. The first-order chi connectivity index (χ1) is 22.3. The zero-order chi connectivity index (χ0) is 31.5. The number of para-hydroxylation sites is 2. The van der Waals surface area contributed by atoms with Gasteiger partial charge in [0.1, 0.15) is 18.9 Å². The molecule has 6 aromatic rings. The van der Waals surface area contributed by atoms with Crippen LogP contribution in [0.2, 0.25) is 0 Å². The normalized spacial score (nSPS) is 24.9. The molecule has 46 heavy (non-hydrogen) atoms. The fourth-order valence-corrected chi connectivity index (χ4v) is 8.39. The van der Waals surface area contributed by atoms with Gasteiger partial charge < -0.3 is 38.7 Å². The molecule has 2 N–H and O–H groups in total. The van der Waals surface area contributed by atoms with Crippen molar-refractivity contribution in [3.8, 4) is 0 Å². The van der Waals surface area contributed by atoms with Crippen molar-refractivity contribution in [2.45, 2.75) is 50.3 Å². The summed E-state index contributed by atoms with van der Waals surface area (Å²) in [4.78, 5) is 28.9. The molecule has 1 fully saturated rings. The van der Waals surface area contributed by atoms with Crippen LogP contribution in [0.5, 0.6) is 0 Å². The molecule has 3 aliphatic rings. The smallest absolute Gasteiger partial charge is 0.410 e. The highest BCUT2D eigenvalue weighted by Crippen LogP contribution is 2.55. The van der Waals surface area contributed by atoms with Crippen LogP contribution in [0.4, 0.5) is 4.79 Å². The van der Waals surface area contributed by atoms with E-state index in [4.69, 9.17) is 14.2 Å². The van der Waals surface area contributed by atoms with Crippen LogP contribution >= 0.6 is 0 Å². The molecular formula is C36H32N4O6. The molecule has 2 amide bonds. The molecule has 0 saturated carbocycles. The molecule has 232 valence electrons. The van der Waals surface area contributed by atoms with Crippen LogP contribution < -0.4 is 5.32 Å². The molecule has 3 aliphatic heterocycles. The average Bonchev–Trinajstić information content (AvgIpc) is 3.68. The summed E-state index contributed by atoms with van der Waals surface area (Å²) in [5, 5.41) is 17.5. The highest BCUT2D eigenvalue weighted by atomic mass is 16.6. The monoisotopic (exact) mass is 616 g/mol. The van der Waals surface area contributed by atoms with Gasteiger partial charge in [0.2, 0.25) is 0 Å². The maximum absolute atomic E-state index is 13.6. The van der Waals surface area contributed by atoms with Gasteiger partial charge in [-0.1, -0.05) is 66.7 Å². The van der Waals surface area contributed by atoms with E-state index in [-0.39, 0.29) is 12.5 Å². The molecule has 2 aromatic heterocycles. The fraction of sp³-hybridized carbons (Fsp3) is 0.278. The second-order valence-corrected chi connectivity index (χ2v) is 12.6. The van der Waals surface area contributed by atoms with E-state index in [0.29, 0.717) is 17.5 Å². The number of nitrogens with zero attached hydrogens (tertiary/aromatic N) is 3. The van der Waals surface area contributed by atoms with E-state index in [1.165, 1.54) is 0 Å². The Morgan fingerprint density at radius 1 is 1.00 bits per heavy atom. The standard InChI is InChI=1S/C36H32N4O6/c1-36-32(44-3)24(38(2)35(43)45-18-19-11-5-4-6-12-19)17-25(46-36)39-22-15-9-7-13-20(22)26-28-29(34(42)37-33(28)41)27-21-14-8-10-16-23(21)40(36)31(27)30(26)39/h4-16,24-25,32,34,42H,17-18H2,1-3H3,(H,37,41). The van der Waals surface area contributed by atoms with E-state index >= 15 is 0 Å². The van der Waals surface area contributed by atoms with Gasteiger partial charge in [-0.3, -0.25) is 4.79 Å². The number of benzene rings is 4. The van der Waals surface area contributed by atoms with Gasteiger partial charge >= 0.3 is 6.09 Å². The number of aliphatic hydroxyl groups excluding tert-OH is 1. The summed E-state index contributed by atoms with van der Waals surface area (Å²) in [6, 6.07) is 25.1. The highest BCUT2D eigenvalue weighted by molar-refractivity contribution is 6.31. The molecule has 0 radical (unpaired) electrons. The van der Waals surface area contributed by atoms with Gasteiger partial charge in [0.15, 0.2) is 12.0 Å². The number of nitrogens with one attached hydrogen (secondary N) is 1. The lowest BCUT2D eigenvalue weighted by molar-refractivity contribution is -0.265. The van der Waals surface area contributed by atoms with Crippen molar-refractivity contribution in [2.24, 2.45) is 0 Å². The van der Waals surface area contributed by atoms with E-state index in [2.05, 4.69) is 14.5 Å².